The predicted octanol–water partition coefficient (Wildman–Crippen LogP) is -0.778. The van der Waals surface area contributed by atoms with Crippen molar-refractivity contribution in [1.82, 2.24) is 5.32 Å². The quantitative estimate of drug-likeness (QED) is 0.462. The van der Waals surface area contributed by atoms with Crippen LogP contribution in [0, 0.1) is 0 Å². The van der Waals surface area contributed by atoms with E-state index < -0.39 is 6.04 Å². The monoisotopic (exact) mass is 160 g/mol. The zero-order chi connectivity index (χ0) is 8.69. The lowest BCUT2D eigenvalue weighted by Crippen LogP contribution is -2.40. The van der Waals surface area contributed by atoms with E-state index in [0.717, 1.165) is 0 Å². The van der Waals surface area contributed by atoms with Gasteiger partial charge >= 0.3 is 0 Å². The molecule has 4 heteroatoms. The SMILES string of the molecule is CC[C@@H](N)C(=O)NCCCO. The lowest BCUT2D eigenvalue weighted by atomic mass is 10.2. The van der Waals surface area contributed by atoms with Gasteiger partial charge in [-0.05, 0) is 12.8 Å². The van der Waals surface area contributed by atoms with Crippen LogP contribution in [-0.2, 0) is 4.79 Å². The van der Waals surface area contributed by atoms with Crippen molar-refractivity contribution in [3.8, 4) is 0 Å². The van der Waals surface area contributed by atoms with Gasteiger partial charge in [-0.2, -0.15) is 0 Å². The first-order valence-electron chi connectivity index (χ1n) is 3.86. The van der Waals surface area contributed by atoms with E-state index in [0.29, 0.717) is 19.4 Å². The van der Waals surface area contributed by atoms with Crippen LogP contribution < -0.4 is 11.1 Å². The van der Waals surface area contributed by atoms with Crippen LogP contribution in [0.1, 0.15) is 19.8 Å². The largest absolute Gasteiger partial charge is 0.396 e. The van der Waals surface area contributed by atoms with Crippen molar-refractivity contribution in [2.45, 2.75) is 25.8 Å². The standard InChI is InChI=1S/C7H16N2O2/c1-2-6(8)7(11)9-4-3-5-10/h6,10H,2-5,8H2,1H3,(H,9,11)/t6-/m1/s1. The predicted molar refractivity (Wildman–Crippen MR) is 43.0 cm³/mol. The molecule has 4 N–H and O–H groups in total. The Morgan fingerprint density at radius 1 is 1.73 bits per heavy atom. The highest BCUT2D eigenvalue weighted by molar-refractivity contribution is 5.81. The number of rotatable bonds is 5. The zero-order valence-corrected chi connectivity index (χ0v) is 6.84. The van der Waals surface area contributed by atoms with E-state index in [9.17, 15) is 4.79 Å². The van der Waals surface area contributed by atoms with Gasteiger partial charge in [-0.15, -0.1) is 0 Å². The fraction of sp³-hybridized carbons (Fsp3) is 0.857. The Labute approximate surface area is 66.8 Å². The molecule has 1 atom stereocenters. The number of nitrogens with two attached hydrogens (primary N) is 1. The fourth-order valence-corrected chi connectivity index (χ4v) is 0.607. The van der Waals surface area contributed by atoms with Crippen LogP contribution in [0.15, 0.2) is 0 Å². The van der Waals surface area contributed by atoms with Crippen molar-refractivity contribution in [3.05, 3.63) is 0 Å². The molecular weight excluding hydrogens is 144 g/mol. The first-order valence-corrected chi connectivity index (χ1v) is 3.86. The van der Waals surface area contributed by atoms with Crippen molar-refractivity contribution in [2.75, 3.05) is 13.2 Å². The maximum atomic E-state index is 10.9. The minimum atomic E-state index is -0.409. The summed E-state index contributed by atoms with van der Waals surface area (Å²) in [5.41, 5.74) is 5.42. The highest BCUT2D eigenvalue weighted by atomic mass is 16.3. The third-order valence-electron chi connectivity index (χ3n) is 1.41. The topological polar surface area (TPSA) is 75.4 Å². The molecule has 0 aromatic rings. The summed E-state index contributed by atoms with van der Waals surface area (Å²) in [6.07, 6.45) is 1.23. The maximum absolute atomic E-state index is 10.9. The molecule has 0 aliphatic heterocycles. The van der Waals surface area contributed by atoms with Crippen molar-refractivity contribution in [2.24, 2.45) is 5.73 Å². The molecule has 4 nitrogen and oxygen atoms in total. The number of carbonyl (C=O) groups is 1. The van der Waals surface area contributed by atoms with E-state index in [2.05, 4.69) is 5.32 Å². The molecule has 0 aliphatic rings. The summed E-state index contributed by atoms with van der Waals surface area (Å²) in [4.78, 5) is 10.9. The Hall–Kier alpha value is -0.610. The Kier molecular flexibility index (Phi) is 5.78. The van der Waals surface area contributed by atoms with E-state index >= 15 is 0 Å². The Morgan fingerprint density at radius 3 is 2.82 bits per heavy atom. The van der Waals surface area contributed by atoms with Gasteiger partial charge in [0.2, 0.25) is 5.91 Å². The van der Waals surface area contributed by atoms with E-state index in [1.54, 1.807) is 0 Å². The van der Waals surface area contributed by atoms with Crippen molar-refractivity contribution >= 4 is 5.91 Å². The molecule has 0 aromatic carbocycles. The highest BCUT2D eigenvalue weighted by Gasteiger charge is 2.08. The maximum Gasteiger partial charge on any atom is 0.236 e. The Bertz CT molecular complexity index is 117. The number of amides is 1. The lowest BCUT2D eigenvalue weighted by molar-refractivity contribution is -0.122. The second kappa shape index (κ2) is 6.12. The van der Waals surface area contributed by atoms with E-state index in [1.807, 2.05) is 6.92 Å². The van der Waals surface area contributed by atoms with Gasteiger partial charge in [0, 0.05) is 13.2 Å². The molecule has 0 saturated heterocycles. The van der Waals surface area contributed by atoms with Gasteiger partial charge in [-0.1, -0.05) is 6.92 Å². The molecule has 66 valence electrons. The first-order chi connectivity index (χ1) is 5.22. The molecule has 0 radical (unpaired) electrons. The third kappa shape index (κ3) is 4.75. The van der Waals surface area contributed by atoms with Crippen LogP contribution in [0.5, 0.6) is 0 Å². The van der Waals surface area contributed by atoms with Crippen molar-refractivity contribution in [1.29, 1.82) is 0 Å². The summed E-state index contributed by atoms with van der Waals surface area (Å²) < 4.78 is 0. The van der Waals surface area contributed by atoms with E-state index in [4.69, 9.17) is 10.8 Å². The fourth-order valence-electron chi connectivity index (χ4n) is 0.607. The number of hydrogen-bond donors (Lipinski definition) is 3. The molecule has 11 heavy (non-hydrogen) atoms. The lowest BCUT2D eigenvalue weighted by Gasteiger charge is -2.08. The molecule has 0 rings (SSSR count). The van der Waals surface area contributed by atoms with Gasteiger partial charge in [-0.25, -0.2) is 0 Å². The average molecular weight is 160 g/mol. The number of aliphatic hydroxyl groups excluding tert-OH is 1. The van der Waals surface area contributed by atoms with Gasteiger partial charge in [0.1, 0.15) is 0 Å². The summed E-state index contributed by atoms with van der Waals surface area (Å²) in [5, 5.41) is 11.0. The van der Waals surface area contributed by atoms with E-state index in [1.165, 1.54) is 0 Å². The summed E-state index contributed by atoms with van der Waals surface area (Å²) in [5.74, 6) is -0.138. The van der Waals surface area contributed by atoms with Crippen molar-refractivity contribution < 1.29 is 9.90 Å². The molecule has 0 bridgehead atoms. The Balaban J connectivity index is 3.36. The van der Waals surface area contributed by atoms with Crippen LogP contribution in [0.25, 0.3) is 0 Å². The average Bonchev–Trinajstić information content (AvgIpc) is 2.03. The second-order valence-electron chi connectivity index (χ2n) is 2.38. The number of hydrogen-bond acceptors (Lipinski definition) is 3. The van der Waals surface area contributed by atoms with Crippen LogP contribution in [-0.4, -0.2) is 30.2 Å². The molecule has 0 aliphatic carbocycles. The van der Waals surface area contributed by atoms with Gasteiger partial charge in [0.15, 0.2) is 0 Å². The zero-order valence-electron chi connectivity index (χ0n) is 6.84. The summed E-state index contributed by atoms with van der Waals surface area (Å²) in [6.45, 7) is 2.46. The highest BCUT2D eigenvalue weighted by Crippen LogP contribution is 1.85. The van der Waals surface area contributed by atoms with Crippen LogP contribution in [0.3, 0.4) is 0 Å². The molecule has 0 aromatic heterocycles. The third-order valence-corrected chi connectivity index (χ3v) is 1.41. The number of carbonyl (C=O) groups excluding carboxylic acids is 1. The molecule has 0 spiro atoms. The smallest absolute Gasteiger partial charge is 0.236 e. The van der Waals surface area contributed by atoms with Gasteiger partial charge in [0.05, 0.1) is 6.04 Å². The minimum absolute atomic E-state index is 0.0989. The van der Waals surface area contributed by atoms with Crippen LogP contribution >= 0.6 is 0 Å². The van der Waals surface area contributed by atoms with Crippen LogP contribution in [0.4, 0.5) is 0 Å². The number of aliphatic hydroxyl groups is 1. The molecular formula is C7H16N2O2. The molecule has 0 fully saturated rings. The summed E-state index contributed by atoms with van der Waals surface area (Å²) in [6, 6.07) is -0.409. The van der Waals surface area contributed by atoms with E-state index in [-0.39, 0.29) is 12.5 Å². The molecule has 0 heterocycles. The molecule has 0 unspecified atom stereocenters. The summed E-state index contributed by atoms with van der Waals surface area (Å²) in [7, 11) is 0. The Morgan fingerprint density at radius 2 is 2.36 bits per heavy atom. The summed E-state index contributed by atoms with van der Waals surface area (Å²) >= 11 is 0. The normalized spacial score (nSPS) is 12.6. The second-order valence-corrected chi connectivity index (χ2v) is 2.38. The molecule has 0 saturated carbocycles. The van der Waals surface area contributed by atoms with Gasteiger partial charge < -0.3 is 16.2 Å². The van der Waals surface area contributed by atoms with Gasteiger partial charge in [-0.3, -0.25) is 4.79 Å². The first kappa shape index (κ1) is 10.4. The van der Waals surface area contributed by atoms with Gasteiger partial charge in [0.25, 0.3) is 0 Å². The number of nitrogens with one attached hydrogen (secondary N) is 1. The van der Waals surface area contributed by atoms with Crippen molar-refractivity contribution in [3.63, 3.8) is 0 Å². The van der Waals surface area contributed by atoms with Crippen LogP contribution in [0.2, 0.25) is 0 Å². The molecule has 1 amide bonds. The minimum Gasteiger partial charge on any atom is -0.396 e.